The second-order valence-corrected chi connectivity index (χ2v) is 6.58. The Morgan fingerprint density at radius 3 is 2.20 bits per heavy atom. The predicted molar refractivity (Wildman–Crippen MR) is 57.2 cm³/mol. The minimum Gasteiger partial charge on any atom is -0.831 e. The lowest BCUT2D eigenvalue weighted by atomic mass is 9.79. The Morgan fingerprint density at radius 2 is 1.80 bits per heavy atom. The van der Waals surface area contributed by atoms with E-state index in [-0.39, 0.29) is 4.91 Å². The minimum absolute atomic E-state index is 0.0914. The summed E-state index contributed by atoms with van der Waals surface area (Å²) in [4.78, 5) is 0.0914. The Bertz CT molecular complexity index is 303. The van der Waals surface area contributed by atoms with Crippen molar-refractivity contribution in [1.82, 2.24) is 0 Å². The van der Waals surface area contributed by atoms with Crippen LogP contribution in [0.25, 0.3) is 0 Å². The molecule has 4 unspecified atom stereocenters. The zero-order valence-corrected chi connectivity index (χ0v) is 10.2. The van der Waals surface area contributed by atoms with E-state index in [9.17, 15) is 13.7 Å². The largest absolute Gasteiger partial charge is 0.831 e. The quantitative estimate of drug-likeness (QED) is 0.694. The molecule has 0 aromatic heterocycles. The van der Waals surface area contributed by atoms with Gasteiger partial charge in [0.25, 0.3) is 0 Å². The Labute approximate surface area is 92.8 Å². The van der Waals surface area contributed by atoms with Crippen LogP contribution in [0.4, 0.5) is 0 Å². The van der Waals surface area contributed by atoms with Gasteiger partial charge in [0.1, 0.15) is 0 Å². The van der Waals surface area contributed by atoms with E-state index >= 15 is 0 Å². The summed E-state index contributed by atoms with van der Waals surface area (Å²) in [5.41, 5.74) is 0.917. The Kier molecular flexibility index (Phi) is 2.66. The smallest absolute Gasteiger partial charge is 0.0163 e. The van der Waals surface area contributed by atoms with Gasteiger partial charge in [-0.2, -0.15) is 0 Å². The highest BCUT2D eigenvalue weighted by Gasteiger charge is 2.45. The van der Waals surface area contributed by atoms with E-state index in [1.165, 1.54) is 6.92 Å². The Hall–Kier alpha value is -0.0300. The summed E-state index contributed by atoms with van der Waals surface area (Å²) in [5.74, 6) is 2.13. The van der Waals surface area contributed by atoms with Crippen molar-refractivity contribution in [2.24, 2.45) is 23.7 Å². The van der Waals surface area contributed by atoms with Crippen molar-refractivity contribution in [3.63, 3.8) is 0 Å². The van der Waals surface area contributed by atoms with Crippen LogP contribution in [0, 0.1) is 23.7 Å². The molecule has 0 N–H and O–H groups in total. The summed E-state index contributed by atoms with van der Waals surface area (Å²) in [6.07, 6.45) is 1.90. The molecule has 2 fully saturated rings. The van der Waals surface area contributed by atoms with Crippen LogP contribution in [-0.4, -0.2) is 13.7 Å². The van der Waals surface area contributed by atoms with Gasteiger partial charge in [-0.3, -0.25) is 0 Å². The van der Waals surface area contributed by atoms with Gasteiger partial charge in [-0.25, -0.2) is 0 Å². The van der Waals surface area contributed by atoms with Crippen LogP contribution in [0.2, 0.25) is 0 Å². The van der Waals surface area contributed by atoms with Gasteiger partial charge in [-0.15, -0.1) is 0 Å². The molecule has 2 bridgehead atoms. The van der Waals surface area contributed by atoms with Gasteiger partial charge in [0.05, 0.1) is 0 Å². The average molecular weight is 229 g/mol. The van der Waals surface area contributed by atoms with Gasteiger partial charge in [-0.05, 0) is 43.4 Å². The first-order valence-electron chi connectivity index (χ1n) is 5.48. The van der Waals surface area contributed by atoms with Crippen molar-refractivity contribution in [2.45, 2.75) is 33.6 Å². The maximum absolute atomic E-state index is 11.0. The van der Waals surface area contributed by atoms with E-state index in [4.69, 9.17) is 0 Å². The normalized spacial score (nSPS) is 44.7. The third-order valence-corrected chi connectivity index (χ3v) is 5.53. The molecule has 4 atom stereocenters. The van der Waals surface area contributed by atoms with Gasteiger partial charge >= 0.3 is 0 Å². The minimum atomic E-state index is -4.22. The summed E-state index contributed by atoms with van der Waals surface area (Å²) in [6.45, 7) is 5.86. The monoisotopic (exact) mass is 229 g/mol. The van der Waals surface area contributed by atoms with Crippen LogP contribution in [0.1, 0.15) is 33.6 Å². The van der Waals surface area contributed by atoms with Gasteiger partial charge < -0.3 is 24.5 Å². The molecule has 15 heavy (non-hydrogen) atoms. The number of rotatable bonds is 1. The van der Waals surface area contributed by atoms with E-state index in [0.29, 0.717) is 23.7 Å². The number of allylic oxidation sites excluding steroid dienone is 2. The second-order valence-electron chi connectivity index (χ2n) is 5.06. The van der Waals surface area contributed by atoms with Crippen LogP contribution in [0.5, 0.6) is 0 Å². The molecule has 0 saturated heterocycles. The van der Waals surface area contributed by atoms with Crippen LogP contribution >= 0.6 is 10.9 Å². The fourth-order valence-electron chi connectivity index (χ4n) is 3.28. The van der Waals surface area contributed by atoms with E-state index in [2.05, 4.69) is 13.8 Å². The van der Waals surface area contributed by atoms with Crippen molar-refractivity contribution < 1.29 is 13.7 Å². The summed E-state index contributed by atoms with van der Waals surface area (Å²) in [7, 11) is -4.22. The van der Waals surface area contributed by atoms with Gasteiger partial charge in [0.15, 0.2) is 0 Å². The van der Waals surface area contributed by atoms with Crippen molar-refractivity contribution >= 4 is 10.9 Å². The second kappa shape index (κ2) is 3.48. The zero-order valence-electron chi connectivity index (χ0n) is 9.36. The SMILES string of the molecule is C/C(=C1\CC2CC1C(C)C2C)S([O-])([O-])[O-]. The van der Waals surface area contributed by atoms with Gasteiger partial charge in [0, 0.05) is 0 Å². The third-order valence-electron chi connectivity index (χ3n) is 4.52. The van der Waals surface area contributed by atoms with E-state index in [1.54, 1.807) is 0 Å². The molecule has 2 aliphatic rings. The highest BCUT2D eigenvalue weighted by molar-refractivity contribution is 8.22. The standard InChI is InChI=1S/C11H20O3S/c1-6-7(2)10-4-9(6)5-11(10)8(3)15(12,13)14/h6-7,9-10,12-14H,4-5H2,1-3H3/p-3/b11-8-. The number of fused-ring (bicyclic) bond motifs is 2. The lowest BCUT2D eigenvalue weighted by Gasteiger charge is -2.66. The highest BCUT2D eigenvalue weighted by atomic mass is 32.3. The van der Waals surface area contributed by atoms with Gasteiger partial charge in [0.2, 0.25) is 0 Å². The molecule has 0 aromatic carbocycles. The van der Waals surface area contributed by atoms with Crippen LogP contribution < -0.4 is 0 Å². The third kappa shape index (κ3) is 1.73. The molecule has 0 radical (unpaired) electrons. The van der Waals surface area contributed by atoms with Crippen LogP contribution in [0.3, 0.4) is 0 Å². The summed E-state index contributed by atoms with van der Waals surface area (Å²) in [6, 6.07) is 0. The fraction of sp³-hybridized carbons (Fsp3) is 0.818. The van der Waals surface area contributed by atoms with E-state index in [1.807, 2.05) is 0 Å². The molecule has 0 amide bonds. The Morgan fingerprint density at radius 1 is 1.20 bits per heavy atom. The van der Waals surface area contributed by atoms with E-state index < -0.39 is 10.9 Å². The first-order chi connectivity index (χ1) is 6.82. The molecule has 4 heteroatoms. The molecular weight excluding hydrogens is 212 g/mol. The first-order valence-corrected chi connectivity index (χ1v) is 6.88. The molecule has 2 aliphatic carbocycles. The molecule has 0 spiro atoms. The summed E-state index contributed by atoms with van der Waals surface area (Å²) in [5, 5.41) is 0. The highest BCUT2D eigenvalue weighted by Crippen LogP contribution is 2.59. The van der Waals surface area contributed by atoms with Crippen molar-refractivity contribution in [2.75, 3.05) is 0 Å². The molecule has 2 saturated carbocycles. The van der Waals surface area contributed by atoms with E-state index in [0.717, 1.165) is 18.4 Å². The summed E-state index contributed by atoms with van der Waals surface area (Å²) >= 11 is 0. The number of hydrogen-bond donors (Lipinski definition) is 0. The maximum atomic E-state index is 11.0. The summed E-state index contributed by atoms with van der Waals surface area (Å²) < 4.78 is 32.9. The molecule has 3 nitrogen and oxygen atoms in total. The molecule has 0 aliphatic heterocycles. The molecule has 0 aromatic rings. The molecular formula is C11H17O3S-3. The first kappa shape index (κ1) is 11.5. The average Bonchev–Trinajstić information content (AvgIpc) is 2.65. The topological polar surface area (TPSA) is 69.2 Å². The van der Waals surface area contributed by atoms with Crippen molar-refractivity contribution in [1.29, 1.82) is 0 Å². The zero-order chi connectivity index (χ0) is 11.4. The molecule has 2 rings (SSSR count). The lowest BCUT2D eigenvalue weighted by Crippen LogP contribution is -2.20. The number of hydrogen-bond acceptors (Lipinski definition) is 3. The fourth-order valence-corrected chi connectivity index (χ4v) is 3.84. The predicted octanol–water partition coefficient (Wildman–Crippen LogP) is 2.77. The molecule has 0 heterocycles. The van der Waals surface area contributed by atoms with Crippen molar-refractivity contribution in [3.05, 3.63) is 10.5 Å². The van der Waals surface area contributed by atoms with Gasteiger partial charge in [-0.1, -0.05) is 24.3 Å². The lowest BCUT2D eigenvalue weighted by molar-refractivity contribution is 0.301. The Balaban J connectivity index is 2.30. The molecule has 88 valence electrons. The van der Waals surface area contributed by atoms with Crippen LogP contribution in [0.15, 0.2) is 10.5 Å². The maximum Gasteiger partial charge on any atom is -0.0163 e. The van der Waals surface area contributed by atoms with Crippen molar-refractivity contribution in [3.8, 4) is 0 Å². The van der Waals surface area contributed by atoms with Crippen LogP contribution in [-0.2, 0) is 0 Å².